The van der Waals surface area contributed by atoms with E-state index in [4.69, 9.17) is 16.3 Å². The van der Waals surface area contributed by atoms with Gasteiger partial charge < -0.3 is 4.74 Å². The van der Waals surface area contributed by atoms with Crippen molar-refractivity contribution in [1.29, 1.82) is 0 Å². The number of benzene rings is 2. The van der Waals surface area contributed by atoms with E-state index < -0.39 is 0 Å². The summed E-state index contributed by atoms with van der Waals surface area (Å²) in [4.78, 5) is 13.1. The number of Topliss-reactive ketones (excluding diaryl/α,β-unsaturated/α-hetero) is 1. The van der Waals surface area contributed by atoms with Crippen molar-refractivity contribution in [1.82, 2.24) is 0 Å². The maximum atomic E-state index is 12.1. The molecule has 2 aromatic rings. The predicted octanol–water partition coefficient (Wildman–Crippen LogP) is 4.32. The Morgan fingerprint density at radius 2 is 1.95 bits per heavy atom. The zero-order valence-corrected chi connectivity index (χ0v) is 12.0. The highest BCUT2D eigenvalue weighted by molar-refractivity contribution is 8.00. The molecular weight excluding hydrogens is 280 g/mol. The number of halogens is 1. The first-order chi connectivity index (χ1) is 9.19. The summed E-state index contributed by atoms with van der Waals surface area (Å²) in [6, 6.07) is 14.7. The molecule has 0 atom stereocenters. The molecule has 0 unspecified atom stereocenters. The van der Waals surface area contributed by atoms with Crippen LogP contribution >= 0.6 is 23.4 Å². The Kier molecular flexibility index (Phi) is 4.88. The van der Waals surface area contributed by atoms with E-state index in [1.807, 2.05) is 36.4 Å². The largest absolute Gasteiger partial charge is 0.497 e. The van der Waals surface area contributed by atoms with E-state index >= 15 is 0 Å². The second-order valence-corrected chi connectivity index (χ2v) is 5.38. The van der Waals surface area contributed by atoms with Gasteiger partial charge in [0, 0.05) is 15.5 Å². The van der Waals surface area contributed by atoms with E-state index in [9.17, 15) is 4.79 Å². The number of ether oxygens (including phenoxy) is 1. The summed E-state index contributed by atoms with van der Waals surface area (Å²) in [5.41, 5.74) is 0.667. The minimum atomic E-state index is 0.0823. The molecule has 0 aliphatic carbocycles. The van der Waals surface area contributed by atoms with Crippen LogP contribution in [0.25, 0.3) is 0 Å². The molecular formula is C15H13ClO2S. The summed E-state index contributed by atoms with van der Waals surface area (Å²) in [5.74, 6) is 1.18. The van der Waals surface area contributed by atoms with E-state index in [0.29, 0.717) is 22.1 Å². The zero-order valence-electron chi connectivity index (χ0n) is 10.4. The molecule has 0 bridgehead atoms. The van der Waals surface area contributed by atoms with E-state index in [1.165, 1.54) is 11.8 Å². The monoisotopic (exact) mass is 292 g/mol. The zero-order chi connectivity index (χ0) is 13.7. The first kappa shape index (κ1) is 14.0. The number of methoxy groups -OCH3 is 1. The van der Waals surface area contributed by atoms with Crippen molar-refractivity contribution in [2.45, 2.75) is 4.90 Å². The van der Waals surface area contributed by atoms with Gasteiger partial charge in [-0.25, -0.2) is 0 Å². The first-order valence-electron chi connectivity index (χ1n) is 5.74. The molecule has 0 saturated heterocycles. The number of rotatable bonds is 5. The van der Waals surface area contributed by atoms with Crippen molar-refractivity contribution in [2.24, 2.45) is 0 Å². The Hall–Kier alpha value is -1.45. The molecule has 0 saturated carbocycles. The van der Waals surface area contributed by atoms with Crippen molar-refractivity contribution in [3.8, 4) is 5.75 Å². The van der Waals surface area contributed by atoms with Crippen LogP contribution in [0.4, 0.5) is 0 Å². The van der Waals surface area contributed by atoms with Crippen LogP contribution < -0.4 is 4.74 Å². The normalized spacial score (nSPS) is 10.2. The fraction of sp³-hybridized carbons (Fsp3) is 0.133. The van der Waals surface area contributed by atoms with Crippen molar-refractivity contribution >= 4 is 29.1 Å². The lowest BCUT2D eigenvalue weighted by Crippen LogP contribution is -2.02. The van der Waals surface area contributed by atoms with Crippen LogP contribution in [-0.2, 0) is 0 Å². The molecule has 0 aliphatic heterocycles. The van der Waals surface area contributed by atoms with Crippen LogP contribution in [0.1, 0.15) is 10.4 Å². The smallest absolute Gasteiger partial charge is 0.173 e. The molecule has 0 spiro atoms. The molecule has 0 radical (unpaired) electrons. The van der Waals surface area contributed by atoms with Gasteiger partial charge in [-0.3, -0.25) is 4.79 Å². The van der Waals surface area contributed by atoms with Crippen LogP contribution in [-0.4, -0.2) is 18.6 Å². The molecule has 2 aromatic carbocycles. The Labute approximate surface area is 121 Å². The van der Waals surface area contributed by atoms with Gasteiger partial charge in [0.05, 0.1) is 12.9 Å². The molecule has 0 fully saturated rings. The Morgan fingerprint density at radius 3 is 2.63 bits per heavy atom. The number of ketones is 1. The summed E-state index contributed by atoms with van der Waals surface area (Å²) in [6.07, 6.45) is 0. The molecule has 98 valence electrons. The molecule has 19 heavy (non-hydrogen) atoms. The topological polar surface area (TPSA) is 26.3 Å². The second kappa shape index (κ2) is 6.64. The number of hydrogen-bond acceptors (Lipinski definition) is 3. The van der Waals surface area contributed by atoms with Gasteiger partial charge in [0.25, 0.3) is 0 Å². The lowest BCUT2D eigenvalue weighted by molar-refractivity contribution is 0.102. The van der Waals surface area contributed by atoms with Gasteiger partial charge in [-0.15, -0.1) is 11.8 Å². The summed E-state index contributed by atoms with van der Waals surface area (Å²) in [5, 5.41) is 0.698. The van der Waals surface area contributed by atoms with Gasteiger partial charge in [0.15, 0.2) is 5.78 Å². The van der Waals surface area contributed by atoms with Gasteiger partial charge in [-0.1, -0.05) is 23.7 Å². The molecule has 2 nitrogen and oxygen atoms in total. The van der Waals surface area contributed by atoms with Gasteiger partial charge in [0.2, 0.25) is 0 Å². The first-order valence-corrected chi connectivity index (χ1v) is 7.11. The molecule has 4 heteroatoms. The second-order valence-electron chi connectivity index (χ2n) is 3.90. The minimum absolute atomic E-state index is 0.0823. The lowest BCUT2D eigenvalue weighted by atomic mass is 10.1. The van der Waals surface area contributed by atoms with Crippen LogP contribution in [0.5, 0.6) is 5.75 Å². The minimum Gasteiger partial charge on any atom is -0.497 e. The molecule has 0 heterocycles. The van der Waals surface area contributed by atoms with Crippen LogP contribution in [0.2, 0.25) is 5.02 Å². The lowest BCUT2D eigenvalue weighted by Gasteiger charge is -2.04. The number of carbonyl (C=O) groups is 1. The highest BCUT2D eigenvalue weighted by Crippen LogP contribution is 2.22. The Balaban J connectivity index is 1.99. The summed E-state index contributed by atoms with van der Waals surface area (Å²) in [6.45, 7) is 0. The van der Waals surface area contributed by atoms with Crippen LogP contribution in [0, 0.1) is 0 Å². The molecule has 0 aliphatic rings. The van der Waals surface area contributed by atoms with Crippen molar-refractivity contribution in [2.75, 3.05) is 12.9 Å². The van der Waals surface area contributed by atoms with Gasteiger partial charge in [-0.05, 0) is 36.4 Å². The fourth-order valence-corrected chi connectivity index (χ4v) is 2.48. The molecule has 0 aromatic heterocycles. The number of hydrogen-bond donors (Lipinski definition) is 0. The van der Waals surface area contributed by atoms with Crippen molar-refractivity contribution in [3.63, 3.8) is 0 Å². The van der Waals surface area contributed by atoms with E-state index in [0.717, 1.165) is 4.90 Å². The maximum Gasteiger partial charge on any atom is 0.173 e. The third-order valence-electron chi connectivity index (χ3n) is 2.58. The fourth-order valence-electron chi connectivity index (χ4n) is 1.56. The average molecular weight is 293 g/mol. The van der Waals surface area contributed by atoms with Crippen molar-refractivity contribution in [3.05, 3.63) is 59.1 Å². The summed E-state index contributed by atoms with van der Waals surface area (Å²) >= 11 is 7.31. The average Bonchev–Trinajstić information content (AvgIpc) is 2.46. The quantitative estimate of drug-likeness (QED) is 0.606. The standard InChI is InChI=1S/C15H13ClO2S/c1-18-13-4-2-3-11(9-13)15(17)10-19-14-7-5-12(16)6-8-14/h2-9H,10H2,1H3. The molecule has 0 N–H and O–H groups in total. The Morgan fingerprint density at radius 1 is 1.21 bits per heavy atom. The predicted molar refractivity (Wildman–Crippen MR) is 79.5 cm³/mol. The summed E-state index contributed by atoms with van der Waals surface area (Å²) < 4.78 is 5.11. The van der Waals surface area contributed by atoms with Gasteiger partial charge >= 0.3 is 0 Å². The van der Waals surface area contributed by atoms with Crippen LogP contribution in [0.15, 0.2) is 53.4 Å². The highest BCUT2D eigenvalue weighted by atomic mass is 35.5. The summed E-state index contributed by atoms with van der Waals surface area (Å²) in [7, 11) is 1.59. The number of carbonyl (C=O) groups excluding carboxylic acids is 1. The third-order valence-corrected chi connectivity index (χ3v) is 3.84. The molecule has 0 amide bonds. The van der Waals surface area contributed by atoms with Crippen LogP contribution in [0.3, 0.4) is 0 Å². The van der Waals surface area contributed by atoms with E-state index in [-0.39, 0.29) is 5.78 Å². The Bertz CT molecular complexity index is 567. The SMILES string of the molecule is COc1cccc(C(=O)CSc2ccc(Cl)cc2)c1. The van der Waals surface area contributed by atoms with Gasteiger partial charge in [0.1, 0.15) is 5.75 Å². The van der Waals surface area contributed by atoms with E-state index in [2.05, 4.69) is 0 Å². The maximum absolute atomic E-state index is 12.1. The highest BCUT2D eigenvalue weighted by Gasteiger charge is 2.07. The third kappa shape index (κ3) is 4.01. The van der Waals surface area contributed by atoms with Crippen molar-refractivity contribution < 1.29 is 9.53 Å². The van der Waals surface area contributed by atoms with Gasteiger partial charge in [-0.2, -0.15) is 0 Å². The molecule has 2 rings (SSSR count). The number of thioether (sulfide) groups is 1. The van der Waals surface area contributed by atoms with E-state index in [1.54, 1.807) is 19.2 Å².